The van der Waals surface area contributed by atoms with Crippen molar-refractivity contribution in [2.45, 2.75) is 6.92 Å². The SMILES string of the molecule is CCOC(=O)C(=O)N(CCO)/N=C/c1ccccc1. The summed E-state index contributed by atoms with van der Waals surface area (Å²) in [5.41, 5.74) is 0.780. The Kier molecular flexibility index (Phi) is 6.25. The summed E-state index contributed by atoms with van der Waals surface area (Å²) in [6, 6.07) is 9.10. The zero-order chi connectivity index (χ0) is 14.1. The molecule has 0 radical (unpaired) electrons. The Labute approximate surface area is 111 Å². The number of hydrazone groups is 1. The Morgan fingerprint density at radius 3 is 2.63 bits per heavy atom. The van der Waals surface area contributed by atoms with Crippen LogP contribution in [0.1, 0.15) is 12.5 Å². The smallest absolute Gasteiger partial charge is 0.398 e. The molecule has 0 heterocycles. The normalized spacial score (nSPS) is 10.4. The number of hydrogen-bond donors (Lipinski definition) is 1. The second kappa shape index (κ2) is 7.99. The van der Waals surface area contributed by atoms with Gasteiger partial charge in [0.1, 0.15) is 0 Å². The number of carbonyl (C=O) groups is 2. The minimum absolute atomic E-state index is 0.0685. The van der Waals surface area contributed by atoms with E-state index in [0.717, 1.165) is 10.6 Å². The molecular formula is C13H16N2O4. The molecule has 1 amide bonds. The summed E-state index contributed by atoms with van der Waals surface area (Å²) in [6.07, 6.45) is 1.44. The zero-order valence-electron chi connectivity index (χ0n) is 10.7. The first kappa shape index (κ1) is 14.8. The lowest BCUT2D eigenvalue weighted by molar-refractivity contribution is -0.160. The van der Waals surface area contributed by atoms with E-state index in [1.807, 2.05) is 18.2 Å². The summed E-state index contributed by atoms with van der Waals surface area (Å²) in [5, 5.41) is 13.6. The second-order valence-electron chi connectivity index (χ2n) is 3.53. The molecule has 0 aliphatic heterocycles. The van der Waals surface area contributed by atoms with Gasteiger partial charge in [-0.1, -0.05) is 30.3 Å². The van der Waals surface area contributed by atoms with E-state index in [-0.39, 0.29) is 19.8 Å². The van der Waals surface area contributed by atoms with Crippen molar-refractivity contribution >= 4 is 18.1 Å². The van der Waals surface area contributed by atoms with Gasteiger partial charge in [-0.25, -0.2) is 9.80 Å². The van der Waals surface area contributed by atoms with E-state index in [9.17, 15) is 9.59 Å². The van der Waals surface area contributed by atoms with Crippen LogP contribution in [0.15, 0.2) is 35.4 Å². The van der Waals surface area contributed by atoms with Crippen molar-refractivity contribution in [3.05, 3.63) is 35.9 Å². The van der Waals surface area contributed by atoms with E-state index >= 15 is 0 Å². The van der Waals surface area contributed by atoms with Crippen molar-refractivity contribution in [1.82, 2.24) is 5.01 Å². The van der Waals surface area contributed by atoms with E-state index in [1.54, 1.807) is 19.1 Å². The average Bonchev–Trinajstić information content (AvgIpc) is 2.44. The molecule has 6 nitrogen and oxygen atoms in total. The first-order valence-corrected chi connectivity index (χ1v) is 5.87. The van der Waals surface area contributed by atoms with Crippen molar-refractivity contribution in [2.24, 2.45) is 5.10 Å². The van der Waals surface area contributed by atoms with Crippen molar-refractivity contribution < 1.29 is 19.4 Å². The van der Waals surface area contributed by atoms with Gasteiger partial charge in [-0.15, -0.1) is 0 Å². The molecule has 0 aliphatic rings. The molecule has 1 aromatic rings. The number of esters is 1. The van der Waals surface area contributed by atoms with E-state index in [2.05, 4.69) is 9.84 Å². The highest BCUT2D eigenvalue weighted by Gasteiger charge is 2.22. The molecule has 0 saturated carbocycles. The molecule has 0 atom stereocenters. The molecule has 0 unspecified atom stereocenters. The summed E-state index contributed by atoms with van der Waals surface area (Å²) in [5.74, 6) is -1.88. The minimum Gasteiger partial charge on any atom is -0.459 e. The fraction of sp³-hybridized carbons (Fsp3) is 0.308. The predicted molar refractivity (Wildman–Crippen MR) is 69.5 cm³/mol. The second-order valence-corrected chi connectivity index (χ2v) is 3.53. The lowest BCUT2D eigenvalue weighted by Crippen LogP contribution is -2.35. The van der Waals surface area contributed by atoms with E-state index < -0.39 is 11.9 Å². The van der Waals surface area contributed by atoms with Gasteiger partial charge in [0.25, 0.3) is 0 Å². The molecule has 19 heavy (non-hydrogen) atoms. The van der Waals surface area contributed by atoms with Gasteiger partial charge < -0.3 is 9.84 Å². The van der Waals surface area contributed by atoms with Crippen LogP contribution < -0.4 is 0 Å². The van der Waals surface area contributed by atoms with Gasteiger partial charge in [0.15, 0.2) is 0 Å². The Bertz CT molecular complexity index is 445. The highest BCUT2D eigenvalue weighted by Crippen LogP contribution is 1.98. The van der Waals surface area contributed by atoms with Gasteiger partial charge in [-0.3, -0.25) is 4.79 Å². The number of benzene rings is 1. The van der Waals surface area contributed by atoms with Crippen LogP contribution in [-0.2, 0) is 14.3 Å². The Hall–Kier alpha value is -2.21. The molecule has 1 N–H and O–H groups in total. The molecule has 1 aromatic carbocycles. The summed E-state index contributed by atoms with van der Waals surface area (Å²) in [6.45, 7) is 1.35. The van der Waals surface area contributed by atoms with E-state index in [0.29, 0.717) is 0 Å². The summed E-state index contributed by atoms with van der Waals surface area (Å²) in [7, 11) is 0. The third kappa shape index (κ3) is 4.89. The maximum Gasteiger partial charge on any atom is 0.398 e. The quantitative estimate of drug-likeness (QED) is 0.361. The van der Waals surface area contributed by atoms with Crippen LogP contribution in [0, 0.1) is 0 Å². The van der Waals surface area contributed by atoms with Crippen molar-refractivity contribution in [2.75, 3.05) is 19.8 Å². The number of aliphatic hydroxyl groups is 1. The molecule has 6 heteroatoms. The largest absolute Gasteiger partial charge is 0.459 e. The molecule has 0 aromatic heterocycles. The Morgan fingerprint density at radius 2 is 2.05 bits per heavy atom. The fourth-order valence-electron chi connectivity index (χ4n) is 1.28. The minimum atomic E-state index is -0.985. The molecular weight excluding hydrogens is 248 g/mol. The maximum absolute atomic E-state index is 11.7. The predicted octanol–water partition coefficient (Wildman–Crippen LogP) is 0.404. The molecule has 102 valence electrons. The van der Waals surface area contributed by atoms with Gasteiger partial charge in [-0.2, -0.15) is 5.10 Å². The molecule has 0 fully saturated rings. The number of rotatable bonds is 5. The summed E-state index contributed by atoms with van der Waals surface area (Å²) in [4.78, 5) is 23.0. The number of nitrogens with zero attached hydrogens (tertiary/aromatic N) is 2. The molecule has 1 rings (SSSR count). The highest BCUT2D eigenvalue weighted by atomic mass is 16.5. The first-order valence-electron chi connectivity index (χ1n) is 5.87. The average molecular weight is 264 g/mol. The van der Waals surface area contributed by atoms with Gasteiger partial charge in [0, 0.05) is 0 Å². The van der Waals surface area contributed by atoms with Crippen LogP contribution in [-0.4, -0.2) is 48.0 Å². The zero-order valence-corrected chi connectivity index (χ0v) is 10.7. The van der Waals surface area contributed by atoms with Crippen LogP contribution in [0.3, 0.4) is 0 Å². The van der Waals surface area contributed by atoms with E-state index in [1.165, 1.54) is 6.21 Å². The lowest BCUT2D eigenvalue weighted by atomic mass is 10.2. The first-order chi connectivity index (χ1) is 9.19. The Morgan fingerprint density at radius 1 is 1.37 bits per heavy atom. The van der Waals surface area contributed by atoms with E-state index in [4.69, 9.17) is 5.11 Å². The number of amides is 1. The third-order valence-electron chi connectivity index (χ3n) is 2.14. The van der Waals surface area contributed by atoms with Crippen LogP contribution in [0.25, 0.3) is 0 Å². The van der Waals surface area contributed by atoms with Crippen LogP contribution in [0.4, 0.5) is 0 Å². The maximum atomic E-state index is 11.7. The highest BCUT2D eigenvalue weighted by molar-refractivity contribution is 6.32. The fourth-order valence-corrected chi connectivity index (χ4v) is 1.28. The van der Waals surface area contributed by atoms with Gasteiger partial charge >= 0.3 is 11.9 Å². The van der Waals surface area contributed by atoms with Gasteiger partial charge in [-0.05, 0) is 12.5 Å². The molecule has 0 bridgehead atoms. The number of hydrogen-bond acceptors (Lipinski definition) is 5. The standard InChI is InChI=1S/C13H16N2O4/c1-2-19-13(18)12(17)15(8-9-16)14-10-11-6-4-3-5-7-11/h3-7,10,16H,2,8-9H2,1H3/b14-10+. The van der Waals surface area contributed by atoms with Gasteiger partial charge in [0.05, 0.1) is 26.0 Å². The van der Waals surface area contributed by atoms with Crippen LogP contribution in [0.2, 0.25) is 0 Å². The molecule has 0 aliphatic carbocycles. The van der Waals surface area contributed by atoms with Crippen LogP contribution in [0.5, 0.6) is 0 Å². The summed E-state index contributed by atoms with van der Waals surface area (Å²) >= 11 is 0. The van der Waals surface area contributed by atoms with Crippen molar-refractivity contribution in [1.29, 1.82) is 0 Å². The van der Waals surface area contributed by atoms with Crippen molar-refractivity contribution in [3.63, 3.8) is 0 Å². The topological polar surface area (TPSA) is 79.2 Å². The lowest BCUT2D eigenvalue weighted by Gasteiger charge is -2.14. The molecule has 0 spiro atoms. The number of aliphatic hydroxyl groups excluding tert-OH is 1. The molecule has 0 saturated heterocycles. The summed E-state index contributed by atoms with van der Waals surface area (Å²) < 4.78 is 4.60. The Balaban J connectivity index is 2.75. The van der Waals surface area contributed by atoms with Crippen molar-refractivity contribution in [3.8, 4) is 0 Å². The third-order valence-corrected chi connectivity index (χ3v) is 2.14. The van der Waals surface area contributed by atoms with Gasteiger partial charge in [0.2, 0.25) is 0 Å². The number of carbonyl (C=O) groups excluding carboxylic acids is 2. The number of ether oxygens (including phenoxy) is 1. The van der Waals surface area contributed by atoms with Crippen LogP contribution >= 0.6 is 0 Å². The monoisotopic (exact) mass is 264 g/mol.